The van der Waals surface area contributed by atoms with E-state index in [2.05, 4.69) is 25.3 Å². The van der Waals surface area contributed by atoms with Crippen LogP contribution in [-0.2, 0) is 26.1 Å². The lowest BCUT2D eigenvalue weighted by Gasteiger charge is -2.10. The molecule has 1 aliphatic heterocycles. The molecule has 0 aliphatic carbocycles. The van der Waals surface area contributed by atoms with Crippen molar-refractivity contribution < 1.29 is 22.7 Å². The molecular formula is C22H22N6O5S. The molecule has 34 heavy (non-hydrogen) atoms. The lowest BCUT2D eigenvalue weighted by molar-refractivity contribution is -0.119. The van der Waals surface area contributed by atoms with E-state index in [1.165, 1.54) is 35.1 Å². The van der Waals surface area contributed by atoms with Crippen LogP contribution in [0.3, 0.4) is 0 Å². The topological polar surface area (TPSA) is 145 Å². The number of nitrogens with one attached hydrogen (secondary N) is 2. The molecule has 1 aromatic heterocycles. The Hall–Kier alpha value is -4.06. The van der Waals surface area contributed by atoms with E-state index in [1.54, 1.807) is 0 Å². The van der Waals surface area contributed by atoms with Gasteiger partial charge in [-0.15, -0.1) is 5.10 Å². The normalized spacial score (nSPS) is 13.2. The monoisotopic (exact) mass is 482 g/mol. The lowest BCUT2D eigenvalue weighted by atomic mass is 10.2. The third-order valence-corrected chi connectivity index (χ3v) is 6.20. The van der Waals surface area contributed by atoms with Crippen molar-refractivity contribution in [1.29, 1.82) is 0 Å². The second kappa shape index (κ2) is 10.3. The third kappa shape index (κ3) is 6.04. The number of amidine groups is 1. The van der Waals surface area contributed by atoms with Crippen molar-refractivity contribution in [3.63, 3.8) is 0 Å². The van der Waals surface area contributed by atoms with Gasteiger partial charge in [0.25, 0.3) is 15.9 Å². The highest BCUT2D eigenvalue weighted by molar-refractivity contribution is 7.90. The van der Waals surface area contributed by atoms with Crippen LogP contribution in [-0.4, -0.2) is 54.3 Å². The van der Waals surface area contributed by atoms with Crippen molar-refractivity contribution in [3.8, 4) is 0 Å². The minimum atomic E-state index is -3.82. The predicted octanol–water partition coefficient (Wildman–Crippen LogP) is 1.59. The highest BCUT2D eigenvalue weighted by atomic mass is 32.2. The molecule has 1 aliphatic rings. The van der Waals surface area contributed by atoms with Crippen LogP contribution in [0.2, 0.25) is 0 Å². The van der Waals surface area contributed by atoms with Crippen LogP contribution in [0.15, 0.2) is 70.7 Å². The summed E-state index contributed by atoms with van der Waals surface area (Å²) in [6.07, 6.45) is 2.81. The number of carbonyl (C=O) groups is 2. The summed E-state index contributed by atoms with van der Waals surface area (Å²) in [5.74, 6) is -1.01. The average Bonchev–Trinajstić information content (AvgIpc) is 3.50. The van der Waals surface area contributed by atoms with E-state index in [-0.39, 0.29) is 16.3 Å². The fourth-order valence-corrected chi connectivity index (χ4v) is 4.35. The Balaban J connectivity index is 1.30. The second-order valence-corrected chi connectivity index (χ2v) is 9.16. The van der Waals surface area contributed by atoms with Crippen LogP contribution >= 0.6 is 0 Å². The maximum atomic E-state index is 12.5. The standard InChI is InChI=1S/C22H22N6O5S/c29-21(15-33-22(30)19-14-28(27-25-19)13-16-6-2-1-3-7-16)24-17-8-4-9-18(12-17)34(31,32)26-20-10-5-11-23-20/h1-4,6-9,12,14H,5,10-11,13,15H2,(H,23,26)(H,24,29). The molecule has 11 nitrogen and oxygen atoms in total. The van der Waals surface area contributed by atoms with Gasteiger partial charge < -0.3 is 10.1 Å². The summed E-state index contributed by atoms with van der Waals surface area (Å²) < 4.78 is 34.0. The third-order valence-electron chi connectivity index (χ3n) is 4.82. The Morgan fingerprint density at radius 2 is 1.91 bits per heavy atom. The molecule has 1 amide bonds. The van der Waals surface area contributed by atoms with Crippen molar-refractivity contribution in [1.82, 2.24) is 19.7 Å². The molecule has 2 N–H and O–H groups in total. The summed E-state index contributed by atoms with van der Waals surface area (Å²) in [7, 11) is -3.82. The van der Waals surface area contributed by atoms with Crippen molar-refractivity contribution in [2.75, 3.05) is 18.5 Å². The van der Waals surface area contributed by atoms with Gasteiger partial charge in [-0.05, 0) is 30.2 Å². The molecule has 0 unspecified atom stereocenters. The van der Waals surface area contributed by atoms with Crippen LogP contribution in [0.25, 0.3) is 0 Å². The zero-order valence-corrected chi connectivity index (χ0v) is 18.9. The molecule has 12 heteroatoms. The first-order chi connectivity index (χ1) is 16.4. The van der Waals surface area contributed by atoms with E-state index >= 15 is 0 Å². The number of nitrogens with zero attached hydrogens (tertiary/aromatic N) is 4. The van der Waals surface area contributed by atoms with Crippen molar-refractivity contribution in [3.05, 3.63) is 72.1 Å². The quantitative estimate of drug-likeness (QED) is 0.464. The molecule has 0 atom stereocenters. The number of aliphatic imine (C=N–C) groups is 1. The number of amides is 1. The molecule has 0 saturated carbocycles. The molecule has 0 saturated heterocycles. The van der Waals surface area contributed by atoms with Crippen molar-refractivity contribution in [2.24, 2.45) is 4.99 Å². The number of hydrogen-bond donors (Lipinski definition) is 2. The first-order valence-corrected chi connectivity index (χ1v) is 11.9. The van der Waals surface area contributed by atoms with E-state index < -0.39 is 28.5 Å². The number of benzene rings is 2. The van der Waals surface area contributed by atoms with Crippen LogP contribution in [0.1, 0.15) is 28.9 Å². The molecule has 176 valence electrons. The Morgan fingerprint density at radius 1 is 1.09 bits per heavy atom. The van der Waals surface area contributed by atoms with Gasteiger partial charge in [-0.2, -0.15) is 0 Å². The first kappa shape index (κ1) is 23.1. The van der Waals surface area contributed by atoms with Gasteiger partial charge in [0.2, 0.25) is 0 Å². The maximum Gasteiger partial charge on any atom is 0.361 e. The average molecular weight is 483 g/mol. The molecule has 2 heterocycles. The van der Waals surface area contributed by atoms with Crippen molar-refractivity contribution >= 4 is 33.4 Å². The lowest BCUT2D eigenvalue weighted by Crippen LogP contribution is -2.29. The Labute approximate surface area is 195 Å². The van der Waals surface area contributed by atoms with E-state index in [0.717, 1.165) is 12.0 Å². The second-order valence-electron chi connectivity index (χ2n) is 7.48. The molecule has 0 spiro atoms. The van der Waals surface area contributed by atoms with Gasteiger partial charge in [0, 0.05) is 18.7 Å². The minimum Gasteiger partial charge on any atom is -0.451 e. The number of carbonyl (C=O) groups excluding carboxylic acids is 2. The summed E-state index contributed by atoms with van der Waals surface area (Å²) in [5.41, 5.74) is 1.20. The van der Waals surface area contributed by atoms with Gasteiger partial charge >= 0.3 is 5.97 Å². The molecular weight excluding hydrogens is 460 g/mol. The molecule has 3 aromatic rings. The largest absolute Gasteiger partial charge is 0.451 e. The number of rotatable bonds is 8. The van der Waals surface area contributed by atoms with Crippen LogP contribution < -0.4 is 10.0 Å². The summed E-state index contributed by atoms with van der Waals surface area (Å²) in [6.45, 7) is 0.454. The van der Waals surface area contributed by atoms with E-state index in [1.807, 2.05) is 30.3 Å². The van der Waals surface area contributed by atoms with Crippen LogP contribution in [0.4, 0.5) is 5.69 Å². The van der Waals surface area contributed by atoms with E-state index in [0.29, 0.717) is 25.3 Å². The highest BCUT2D eigenvalue weighted by Crippen LogP contribution is 2.16. The van der Waals surface area contributed by atoms with E-state index in [9.17, 15) is 18.0 Å². The Kier molecular flexibility index (Phi) is 6.97. The minimum absolute atomic E-state index is 0.0214. The number of anilines is 1. The number of esters is 1. The van der Waals surface area contributed by atoms with Crippen LogP contribution in [0.5, 0.6) is 0 Å². The molecule has 0 fully saturated rings. The SMILES string of the molecule is O=C(COC(=O)c1cn(Cc2ccccc2)nn1)Nc1cccc(S(=O)(=O)NC2=NCCC2)c1. The van der Waals surface area contributed by atoms with Gasteiger partial charge in [0.1, 0.15) is 5.84 Å². The van der Waals surface area contributed by atoms with E-state index in [4.69, 9.17) is 4.74 Å². The first-order valence-electron chi connectivity index (χ1n) is 10.5. The Morgan fingerprint density at radius 3 is 2.68 bits per heavy atom. The van der Waals surface area contributed by atoms with Crippen molar-refractivity contribution in [2.45, 2.75) is 24.3 Å². The predicted molar refractivity (Wildman–Crippen MR) is 123 cm³/mol. The number of hydrogen-bond acceptors (Lipinski definition) is 8. The van der Waals surface area contributed by atoms with Crippen LogP contribution in [0, 0.1) is 0 Å². The summed E-state index contributed by atoms with van der Waals surface area (Å²) in [4.78, 5) is 28.5. The van der Waals surface area contributed by atoms with Gasteiger partial charge in [0.05, 0.1) is 17.6 Å². The van der Waals surface area contributed by atoms with Gasteiger partial charge in [-0.3, -0.25) is 14.5 Å². The maximum absolute atomic E-state index is 12.5. The molecule has 4 rings (SSSR count). The molecule has 2 aromatic carbocycles. The van der Waals surface area contributed by atoms with Gasteiger partial charge in [0.15, 0.2) is 12.3 Å². The van der Waals surface area contributed by atoms with Gasteiger partial charge in [-0.25, -0.2) is 17.9 Å². The fourth-order valence-electron chi connectivity index (χ4n) is 3.22. The molecule has 0 radical (unpaired) electrons. The Bertz CT molecular complexity index is 1320. The molecule has 0 bridgehead atoms. The highest BCUT2D eigenvalue weighted by Gasteiger charge is 2.19. The summed E-state index contributed by atoms with van der Waals surface area (Å²) in [5, 5.41) is 10.2. The summed E-state index contributed by atoms with van der Waals surface area (Å²) >= 11 is 0. The number of ether oxygens (including phenoxy) is 1. The van der Waals surface area contributed by atoms with Gasteiger partial charge in [-0.1, -0.05) is 41.6 Å². The zero-order valence-electron chi connectivity index (χ0n) is 18.0. The fraction of sp³-hybridized carbons (Fsp3) is 0.227. The smallest absolute Gasteiger partial charge is 0.361 e. The summed E-state index contributed by atoms with van der Waals surface area (Å²) in [6, 6.07) is 15.3. The number of aromatic nitrogens is 3. The number of sulfonamides is 1. The zero-order chi connectivity index (χ0) is 24.0.